The highest BCUT2D eigenvalue weighted by atomic mass is 16.5. The van der Waals surface area contributed by atoms with Crippen molar-refractivity contribution in [2.24, 2.45) is 0 Å². The molecular weight excluding hydrogens is 330 g/mol. The van der Waals surface area contributed by atoms with Crippen molar-refractivity contribution in [2.75, 3.05) is 18.6 Å². The van der Waals surface area contributed by atoms with Gasteiger partial charge in [-0.2, -0.15) is 4.98 Å². The van der Waals surface area contributed by atoms with Crippen molar-refractivity contribution in [2.45, 2.75) is 31.9 Å². The first-order chi connectivity index (χ1) is 12.7. The van der Waals surface area contributed by atoms with Gasteiger partial charge < -0.3 is 14.2 Å². The smallest absolute Gasteiger partial charge is 0.249 e. The number of methoxy groups -OCH3 is 1. The Bertz CT molecular complexity index is 867. The van der Waals surface area contributed by atoms with Crippen LogP contribution in [0.2, 0.25) is 0 Å². The highest BCUT2D eigenvalue weighted by molar-refractivity contribution is 5.42. The molecule has 7 heteroatoms. The van der Waals surface area contributed by atoms with Gasteiger partial charge in [0.15, 0.2) is 5.82 Å². The molecule has 1 aromatic carbocycles. The minimum absolute atomic E-state index is 0.0411. The van der Waals surface area contributed by atoms with Gasteiger partial charge in [-0.05, 0) is 18.6 Å². The predicted molar refractivity (Wildman–Crippen MR) is 95.8 cm³/mol. The summed E-state index contributed by atoms with van der Waals surface area (Å²) in [5.74, 6) is 2.87. The molecule has 0 spiro atoms. The van der Waals surface area contributed by atoms with E-state index in [-0.39, 0.29) is 12.1 Å². The van der Waals surface area contributed by atoms with Crippen molar-refractivity contribution in [1.29, 1.82) is 0 Å². The van der Waals surface area contributed by atoms with Crippen LogP contribution in [-0.2, 0) is 11.2 Å². The van der Waals surface area contributed by atoms with Gasteiger partial charge in [0.25, 0.3) is 0 Å². The second-order valence-electron chi connectivity index (χ2n) is 6.43. The van der Waals surface area contributed by atoms with Crippen LogP contribution < -0.4 is 4.90 Å². The molecule has 2 aromatic heterocycles. The molecule has 1 aliphatic heterocycles. The lowest BCUT2D eigenvalue weighted by Gasteiger charge is -2.23. The van der Waals surface area contributed by atoms with E-state index in [1.165, 1.54) is 5.56 Å². The average molecular weight is 351 g/mol. The summed E-state index contributed by atoms with van der Waals surface area (Å²) in [6, 6.07) is 12.1. The molecule has 0 amide bonds. The Labute approximate surface area is 152 Å². The quantitative estimate of drug-likeness (QED) is 0.699. The Morgan fingerprint density at radius 1 is 1.19 bits per heavy atom. The van der Waals surface area contributed by atoms with E-state index in [9.17, 15) is 0 Å². The van der Waals surface area contributed by atoms with Gasteiger partial charge in [-0.1, -0.05) is 35.5 Å². The Hall–Kier alpha value is -2.80. The van der Waals surface area contributed by atoms with Crippen LogP contribution in [0.15, 0.2) is 47.1 Å². The van der Waals surface area contributed by atoms with Crippen LogP contribution in [0.4, 0.5) is 5.82 Å². The van der Waals surface area contributed by atoms with Crippen molar-refractivity contribution >= 4 is 5.82 Å². The van der Waals surface area contributed by atoms with Gasteiger partial charge in [-0.15, -0.1) is 0 Å². The van der Waals surface area contributed by atoms with E-state index in [4.69, 9.17) is 14.2 Å². The highest BCUT2D eigenvalue weighted by Gasteiger charge is 2.37. The molecular formula is C19H21N5O2. The van der Waals surface area contributed by atoms with Gasteiger partial charge in [-0.3, -0.25) is 0 Å². The Kier molecular flexibility index (Phi) is 4.62. The van der Waals surface area contributed by atoms with Crippen LogP contribution >= 0.6 is 0 Å². The molecule has 7 nitrogen and oxygen atoms in total. The molecule has 1 saturated heterocycles. The predicted octanol–water partition coefficient (Wildman–Crippen LogP) is 2.73. The summed E-state index contributed by atoms with van der Waals surface area (Å²) in [5.41, 5.74) is 1.19. The third-order valence-electron chi connectivity index (χ3n) is 4.61. The second kappa shape index (κ2) is 7.21. The Morgan fingerprint density at radius 3 is 2.77 bits per heavy atom. The largest absolute Gasteiger partial charge is 0.380 e. The number of rotatable bonds is 5. The molecule has 0 bridgehead atoms. The lowest BCUT2D eigenvalue weighted by Crippen LogP contribution is -2.26. The van der Waals surface area contributed by atoms with E-state index < -0.39 is 0 Å². The van der Waals surface area contributed by atoms with Crippen molar-refractivity contribution in [3.05, 3.63) is 65.7 Å². The van der Waals surface area contributed by atoms with Crippen molar-refractivity contribution < 1.29 is 9.26 Å². The van der Waals surface area contributed by atoms with E-state index in [0.717, 1.165) is 24.6 Å². The SMILES string of the molecule is COC1CC(c2nc(C)no2)N(c2ccnc(Cc3ccccc3)n2)C1. The summed E-state index contributed by atoms with van der Waals surface area (Å²) in [6.07, 6.45) is 3.38. The number of ether oxygens (including phenoxy) is 1. The molecule has 134 valence electrons. The zero-order chi connectivity index (χ0) is 17.9. The van der Waals surface area contributed by atoms with Crippen molar-refractivity contribution in [3.63, 3.8) is 0 Å². The monoisotopic (exact) mass is 351 g/mol. The van der Waals surface area contributed by atoms with Crippen molar-refractivity contribution in [3.8, 4) is 0 Å². The zero-order valence-corrected chi connectivity index (χ0v) is 14.9. The van der Waals surface area contributed by atoms with Crippen LogP contribution in [0, 0.1) is 6.92 Å². The number of aromatic nitrogens is 4. The molecule has 3 aromatic rings. The third kappa shape index (κ3) is 3.43. The van der Waals surface area contributed by atoms with Crippen molar-refractivity contribution in [1.82, 2.24) is 20.1 Å². The maximum Gasteiger partial charge on any atom is 0.249 e. The fraction of sp³-hybridized carbons (Fsp3) is 0.368. The van der Waals surface area contributed by atoms with Crippen LogP contribution in [0.3, 0.4) is 0 Å². The average Bonchev–Trinajstić information content (AvgIpc) is 3.29. The van der Waals surface area contributed by atoms with Gasteiger partial charge in [0, 0.05) is 32.7 Å². The first-order valence-electron chi connectivity index (χ1n) is 8.68. The highest BCUT2D eigenvalue weighted by Crippen LogP contribution is 2.35. The molecule has 2 atom stereocenters. The van der Waals surface area contributed by atoms with Crippen LogP contribution in [0.25, 0.3) is 0 Å². The normalized spacial score (nSPS) is 19.8. The summed E-state index contributed by atoms with van der Waals surface area (Å²) in [5, 5.41) is 3.93. The molecule has 1 fully saturated rings. The number of nitrogens with zero attached hydrogens (tertiary/aromatic N) is 5. The van der Waals surface area contributed by atoms with Gasteiger partial charge >= 0.3 is 0 Å². The van der Waals surface area contributed by atoms with E-state index in [1.807, 2.05) is 31.2 Å². The standard InChI is InChI=1S/C19H21N5O2/c1-13-21-19(26-23-13)16-11-15(25-2)12-24(16)18-8-9-20-17(22-18)10-14-6-4-3-5-7-14/h3-9,15-16H,10-12H2,1-2H3. The van der Waals surface area contributed by atoms with E-state index >= 15 is 0 Å². The van der Waals surface area contributed by atoms with Crippen LogP contribution in [0.5, 0.6) is 0 Å². The summed E-state index contributed by atoms with van der Waals surface area (Å²) in [6.45, 7) is 2.55. The molecule has 2 unspecified atom stereocenters. The first kappa shape index (κ1) is 16.7. The zero-order valence-electron chi connectivity index (χ0n) is 14.9. The molecule has 1 aliphatic rings. The lowest BCUT2D eigenvalue weighted by molar-refractivity contribution is 0.117. The number of hydrogen-bond acceptors (Lipinski definition) is 7. The summed E-state index contributed by atoms with van der Waals surface area (Å²) in [4.78, 5) is 15.8. The molecule has 0 saturated carbocycles. The molecule has 4 rings (SSSR count). The number of benzene rings is 1. The van der Waals surface area contributed by atoms with Crippen LogP contribution in [-0.4, -0.2) is 39.9 Å². The maximum absolute atomic E-state index is 5.57. The number of hydrogen-bond donors (Lipinski definition) is 0. The molecule has 0 aliphatic carbocycles. The topological polar surface area (TPSA) is 77.2 Å². The van der Waals surface area contributed by atoms with Gasteiger partial charge in [0.05, 0.1) is 6.10 Å². The van der Waals surface area contributed by atoms with E-state index in [0.29, 0.717) is 18.1 Å². The Morgan fingerprint density at radius 2 is 2.04 bits per heavy atom. The second-order valence-corrected chi connectivity index (χ2v) is 6.43. The number of anilines is 1. The maximum atomic E-state index is 5.57. The fourth-order valence-electron chi connectivity index (χ4n) is 3.32. The fourth-order valence-corrected chi connectivity index (χ4v) is 3.32. The van der Waals surface area contributed by atoms with E-state index in [1.54, 1.807) is 13.3 Å². The van der Waals surface area contributed by atoms with Crippen LogP contribution in [0.1, 0.15) is 35.6 Å². The number of aryl methyl sites for hydroxylation is 1. The minimum atomic E-state index is -0.0411. The molecule has 0 radical (unpaired) electrons. The Balaban J connectivity index is 1.61. The lowest BCUT2D eigenvalue weighted by atomic mass is 10.1. The first-order valence-corrected chi connectivity index (χ1v) is 8.68. The summed E-state index contributed by atoms with van der Waals surface area (Å²) < 4.78 is 11.0. The molecule has 0 N–H and O–H groups in total. The van der Waals surface area contributed by atoms with Gasteiger partial charge in [0.2, 0.25) is 5.89 Å². The summed E-state index contributed by atoms with van der Waals surface area (Å²) in [7, 11) is 1.73. The minimum Gasteiger partial charge on any atom is -0.380 e. The molecule has 26 heavy (non-hydrogen) atoms. The summed E-state index contributed by atoms with van der Waals surface area (Å²) >= 11 is 0. The third-order valence-corrected chi connectivity index (χ3v) is 4.61. The van der Waals surface area contributed by atoms with Gasteiger partial charge in [0.1, 0.15) is 17.7 Å². The van der Waals surface area contributed by atoms with E-state index in [2.05, 4.69) is 32.2 Å². The molecule has 3 heterocycles. The van der Waals surface area contributed by atoms with Gasteiger partial charge in [-0.25, -0.2) is 9.97 Å².